The Kier molecular flexibility index (Phi) is 6.83. The fourth-order valence-corrected chi connectivity index (χ4v) is 2.87. The van der Waals surface area contributed by atoms with Gasteiger partial charge in [0.1, 0.15) is 10.6 Å². The number of carbonyl (C=O) groups is 1. The van der Waals surface area contributed by atoms with Gasteiger partial charge < -0.3 is 10.1 Å². The molecule has 0 aliphatic carbocycles. The van der Waals surface area contributed by atoms with Gasteiger partial charge in [-0.2, -0.15) is 0 Å². The van der Waals surface area contributed by atoms with E-state index in [4.69, 9.17) is 4.74 Å². The van der Waals surface area contributed by atoms with E-state index < -0.39 is 10.0 Å². The lowest BCUT2D eigenvalue weighted by Crippen LogP contribution is -2.25. The molecule has 0 aliphatic heterocycles. The maximum absolute atomic E-state index is 12.1. The first kappa shape index (κ1) is 18.4. The van der Waals surface area contributed by atoms with Crippen molar-refractivity contribution in [2.75, 3.05) is 20.7 Å². The van der Waals surface area contributed by atoms with Gasteiger partial charge in [-0.15, -0.1) is 0 Å². The minimum absolute atomic E-state index is 0.0488. The van der Waals surface area contributed by atoms with Gasteiger partial charge in [-0.1, -0.05) is 13.8 Å². The lowest BCUT2D eigenvalue weighted by Gasteiger charge is -2.11. The highest BCUT2D eigenvalue weighted by molar-refractivity contribution is 7.89. The van der Waals surface area contributed by atoms with E-state index in [0.29, 0.717) is 18.0 Å². The van der Waals surface area contributed by atoms with Crippen LogP contribution in [-0.2, 0) is 10.0 Å². The van der Waals surface area contributed by atoms with E-state index in [-0.39, 0.29) is 16.6 Å². The van der Waals surface area contributed by atoms with E-state index in [1.165, 1.54) is 26.3 Å². The van der Waals surface area contributed by atoms with Crippen molar-refractivity contribution < 1.29 is 17.9 Å². The Labute approximate surface area is 132 Å². The molecule has 7 heteroatoms. The van der Waals surface area contributed by atoms with Gasteiger partial charge in [0.15, 0.2) is 0 Å². The molecule has 1 aromatic carbocycles. The van der Waals surface area contributed by atoms with Crippen molar-refractivity contribution in [1.29, 1.82) is 0 Å². The van der Waals surface area contributed by atoms with Gasteiger partial charge in [0.2, 0.25) is 10.0 Å². The molecule has 0 aliphatic rings. The standard InChI is InChI=1S/C15H24N2O4S/c1-11(2)6-5-9-17-15(18)12-7-8-13(21-4)14(10-12)22(19,20)16-3/h7-8,10-11,16H,5-6,9H2,1-4H3,(H,17,18). The van der Waals surface area contributed by atoms with E-state index in [9.17, 15) is 13.2 Å². The summed E-state index contributed by atoms with van der Waals surface area (Å²) in [6.45, 7) is 4.82. The molecule has 2 N–H and O–H groups in total. The van der Waals surface area contributed by atoms with E-state index >= 15 is 0 Å². The van der Waals surface area contributed by atoms with Crippen LogP contribution < -0.4 is 14.8 Å². The van der Waals surface area contributed by atoms with Crippen LogP contribution in [0.2, 0.25) is 0 Å². The van der Waals surface area contributed by atoms with Gasteiger partial charge in [0.25, 0.3) is 5.91 Å². The van der Waals surface area contributed by atoms with Crippen molar-refractivity contribution in [3.63, 3.8) is 0 Å². The Hall–Kier alpha value is -1.60. The number of hydrogen-bond acceptors (Lipinski definition) is 4. The molecule has 0 aromatic heterocycles. The van der Waals surface area contributed by atoms with Crippen LogP contribution in [-0.4, -0.2) is 35.0 Å². The summed E-state index contributed by atoms with van der Waals surface area (Å²) in [5, 5.41) is 2.79. The Balaban J connectivity index is 2.88. The highest BCUT2D eigenvalue weighted by atomic mass is 32.2. The minimum atomic E-state index is -3.69. The van der Waals surface area contributed by atoms with Crippen molar-refractivity contribution in [3.8, 4) is 5.75 Å². The van der Waals surface area contributed by atoms with E-state index in [0.717, 1.165) is 12.8 Å². The van der Waals surface area contributed by atoms with Crippen LogP contribution in [0.1, 0.15) is 37.0 Å². The predicted molar refractivity (Wildman–Crippen MR) is 85.6 cm³/mol. The second kappa shape index (κ2) is 8.14. The number of amides is 1. The van der Waals surface area contributed by atoms with Crippen LogP contribution in [0.25, 0.3) is 0 Å². The summed E-state index contributed by atoms with van der Waals surface area (Å²) in [4.78, 5) is 12.0. The molecule has 0 radical (unpaired) electrons. The highest BCUT2D eigenvalue weighted by Crippen LogP contribution is 2.24. The molecule has 0 heterocycles. The third-order valence-corrected chi connectivity index (χ3v) is 4.66. The van der Waals surface area contributed by atoms with Crippen LogP contribution in [0, 0.1) is 5.92 Å². The van der Waals surface area contributed by atoms with Crippen LogP contribution >= 0.6 is 0 Å². The van der Waals surface area contributed by atoms with Gasteiger partial charge >= 0.3 is 0 Å². The first-order chi connectivity index (χ1) is 10.3. The van der Waals surface area contributed by atoms with Gasteiger partial charge in [-0.05, 0) is 44.0 Å². The zero-order valence-electron chi connectivity index (χ0n) is 13.5. The summed E-state index contributed by atoms with van der Waals surface area (Å²) in [6, 6.07) is 4.35. The molecule has 6 nitrogen and oxygen atoms in total. The van der Waals surface area contributed by atoms with Crippen LogP contribution in [0.4, 0.5) is 0 Å². The number of rotatable bonds is 8. The molecule has 1 amide bonds. The van der Waals surface area contributed by atoms with Crippen LogP contribution in [0.5, 0.6) is 5.75 Å². The molecule has 0 unspecified atom stereocenters. The largest absolute Gasteiger partial charge is 0.495 e. The lowest BCUT2D eigenvalue weighted by molar-refractivity contribution is 0.0952. The number of carbonyl (C=O) groups excluding carboxylic acids is 1. The summed E-state index contributed by atoms with van der Waals surface area (Å²) in [5.74, 6) is 0.495. The maximum atomic E-state index is 12.1. The second-order valence-electron chi connectivity index (χ2n) is 5.37. The topological polar surface area (TPSA) is 84.5 Å². The number of benzene rings is 1. The molecule has 124 valence electrons. The van der Waals surface area contributed by atoms with Gasteiger partial charge in [-0.25, -0.2) is 13.1 Å². The molecule has 0 saturated carbocycles. The Bertz CT molecular complexity index is 612. The van der Waals surface area contributed by atoms with E-state index in [1.807, 2.05) is 0 Å². The molecule has 0 fully saturated rings. The normalized spacial score (nSPS) is 11.5. The van der Waals surface area contributed by atoms with E-state index in [1.54, 1.807) is 6.07 Å². The van der Waals surface area contributed by atoms with Crippen LogP contribution in [0.15, 0.2) is 23.1 Å². The second-order valence-corrected chi connectivity index (χ2v) is 7.22. The summed E-state index contributed by atoms with van der Waals surface area (Å²) < 4.78 is 31.2. The Morgan fingerprint density at radius 3 is 2.55 bits per heavy atom. The SMILES string of the molecule is CNS(=O)(=O)c1cc(C(=O)NCCCC(C)C)ccc1OC. The zero-order chi connectivity index (χ0) is 16.8. The number of sulfonamides is 1. The fourth-order valence-electron chi connectivity index (χ4n) is 1.95. The molecule has 22 heavy (non-hydrogen) atoms. The quantitative estimate of drug-likeness (QED) is 0.712. The summed E-state index contributed by atoms with van der Waals surface area (Å²) >= 11 is 0. The maximum Gasteiger partial charge on any atom is 0.251 e. The number of ether oxygens (including phenoxy) is 1. The molecule has 1 aromatic rings. The molecular formula is C15H24N2O4S. The Morgan fingerprint density at radius 1 is 1.32 bits per heavy atom. The molecule has 1 rings (SSSR count). The van der Waals surface area contributed by atoms with Crippen molar-refractivity contribution in [2.45, 2.75) is 31.6 Å². The van der Waals surface area contributed by atoms with Crippen LogP contribution in [0.3, 0.4) is 0 Å². The third-order valence-electron chi connectivity index (χ3n) is 3.23. The molecule has 0 spiro atoms. The Morgan fingerprint density at radius 2 is 2.00 bits per heavy atom. The first-order valence-electron chi connectivity index (χ1n) is 7.21. The molecule has 0 bridgehead atoms. The van der Waals surface area contributed by atoms with Gasteiger partial charge in [0.05, 0.1) is 7.11 Å². The number of nitrogens with one attached hydrogen (secondary N) is 2. The zero-order valence-corrected chi connectivity index (χ0v) is 14.3. The molecule has 0 saturated heterocycles. The number of hydrogen-bond donors (Lipinski definition) is 2. The summed E-state index contributed by atoms with van der Waals surface area (Å²) in [5.41, 5.74) is 0.291. The predicted octanol–water partition coefficient (Wildman–Crippen LogP) is 1.77. The molecular weight excluding hydrogens is 304 g/mol. The summed E-state index contributed by atoms with van der Waals surface area (Å²) in [7, 11) is -0.991. The average Bonchev–Trinajstić information content (AvgIpc) is 2.50. The molecule has 0 atom stereocenters. The fraction of sp³-hybridized carbons (Fsp3) is 0.533. The highest BCUT2D eigenvalue weighted by Gasteiger charge is 2.20. The van der Waals surface area contributed by atoms with Gasteiger partial charge in [-0.3, -0.25) is 4.79 Å². The van der Waals surface area contributed by atoms with Crippen molar-refractivity contribution >= 4 is 15.9 Å². The monoisotopic (exact) mass is 328 g/mol. The lowest BCUT2D eigenvalue weighted by atomic mass is 10.1. The minimum Gasteiger partial charge on any atom is -0.495 e. The van der Waals surface area contributed by atoms with E-state index in [2.05, 4.69) is 23.9 Å². The average molecular weight is 328 g/mol. The summed E-state index contributed by atoms with van der Waals surface area (Å²) in [6.07, 6.45) is 1.92. The van der Waals surface area contributed by atoms with Crippen molar-refractivity contribution in [1.82, 2.24) is 10.0 Å². The smallest absolute Gasteiger partial charge is 0.251 e. The third kappa shape index (κ3) is 4.99. The first-order valence-corrected chi connectivity index (χ1v) is 8.70. The van der Waals surface area contributed by atoms with Gasteiger partial charge in [0, 0.05) is 12.1 Å². The number of methoxy groups -OCH3 is 1. The van der Waals surface area contributed by atoms with Crippen molar-refractivity contribution in [3.05, 3.63) is 23.8 Å². The van der Waals surface area contributed by atoms with Crippen molar-refractivity contribution in [2.24, 2.45) is 5.92 Å².